The van der Waals surface area contributed by atoms with Gasteiger partial charge in [-0.1, -0.05) is 13.8 Å². The molecule has 0 saturated heterocycles. The first kappa shape index (κ1) is 16.5. The highest BCUT2D eigenvalue weighted by atomic mass is 79.9. The van der Waals surface area contributed by atoms with Gasteiger partial charge in [-0.25, -0.2) is 13.8 Å². The maximum absolute atomic E-state index is 15.0. The van der Waals surface area contributed by atoms with Crippen LogP contribution in [0.4, 0.5) is 27.6 Å². The van der Waals surface area contributed by atoms with Crippen molar-refractivity contribution < 1.29 is 22.0 Å². The van der Waals surface area contributed by atoms with E-state index in [0.717, 1.165) is 0 Å². The predicted molar refractivity (Wildman–Crippen MR) is 82.1 cm³/mol. The summed E-state index contributed by atoms with van der Waals surface area (Å²) in [5.41, 5.74) is -2.85. The number of aromatic nitrogens is 1. The summed E-state index contributed by atoms with van der Waals surface area (Å²) in [6, 6.07) is 1.35. The quantitative estimate of drug-likeness (QED) is 0.523. The van der Waals surface area contributed by atoms with E-state index >= 15 is 8.78 Å². The second kappa shape index (κ2) is 4.24. The molecule has 0 radical (unpaired) electrons. The fourth-order valence-corrected chi connectivity index (χ4v) is 5.01. The van der Waals surface area contributed by atoms with Gasteiger partial charge in [-0.3, -0.25) is 0 Å². The zero-order chi connectivity index (χ0) is 17.8. The van der Waals surface area contributed by atoms with Crippen LogP contribution in [0, 0.1) is 10.8 Å². The summed E-state index contributed by atoms with van der Waals surface area (Å²) in [6.07, 6.45) is -5.90. The smallest absolute Gasteiger partial charge is 0.383 e. The van der Waals surface area contributed by atoms with Crippen LogP contribution in [0.5, 0.6) is 0 Å². The molecule has 3 saturated carbocycles. The first-order valence-electron chi connectivity index (χ1n) is 7.74. The number of nitrogens with zero attached hydrogens (tertiary/aromatic N) is 1. The van der Waals surface area contributed by atoms with Gasteiger partial charge < -0.3 is 5.32 Å². The molecule has 0 atom stereocenters. The number of rotatable bonds is 2. The van der Waals surface area contributed by atoms with Gasteiger partial charge in [0.25, 0.3) is 5.92 Å². The molecule has 0 spiro atoms. The second-order valence-electron chi connectivity index (χ2n) is 8.12. The first-order chi connectivity index (χ1) is 10.8. The Bertz CT molecular complexity index is 721. The molecule has 1 aromatic rings. The summed E-state index contributed by atoms with van der Waals surface area (Å²) in [5, 5.41) is 3.07. The molecule has 2 nitrogen and oxygen atoms in total. The Balaban J connectivity index is 1.69. The number of alkyl halides is 5. The van der Waals surface area contributed by atoms with Gasteiger partial charge in [0.2, 0.25) is 0 Å². The molecule has 0 amide bonds. The van der Waals surface area contributed by atoms with E-state index in [-0.39, 0.29) is 15.6 Å². The number of anilines is 1. The predicted octanol–water partition coefficient (Wildman–Crippen LogP) is 5.37. The van der Waals surface area contributed by atoms with Crippen molar-refractivity contribution in [3.63, 3.8) is 0 Å². The van der Waals surface area contributed by atoms with E-state index in [1.54, 1.807) is 0 Å². The minimum atomic E-state index is -4.40. The third kappa shape index (κ3) is 1.78. The van der Waals surface area contributed by atoms with E-state index in [0.29, 0.717) is 17.9 Å². The van der Waals surface area contributed by atoms with Crippen LogP contribution in [0.1, 0.15) is 44.4 Å². The van der Waals surface area contributed by atoms with Crippen LogP contribution in [0.2, 0.25) is 0 Å². The lowest BCUT2D eigenvalue weighted by Gasteiger charge is -2.72. The van der Waals surface area contributed by atoms with Crippen LogP contribution in [0.15, 0.2) is 10.7 Å². The highest BCUT2D eigenvalue weighted by Gasteiger charge is 2.85. The summed E-state index contributed by atoms with van der Waals surface area (Å²) >= 11 is 3.11. The minimum Gasteiger partial charge on any atom is -0.383 e. The van der Waals surface area contributed by atoms with E-state index in [9.17, 15) is 13.2 Å². The zero-order valence-corrected chi connectivity index (χ0v) is 14.7. The van der Waals surface area contributed by atoms with Gasteiger partial charge in [0.05, 0.1) is 22.4 Å². The molecule has 1 aromatic heterocycles. The van der Waals surface area contributed by atoms with Crippen molar-refractivity contribution in [1.29, 1.82) is 0 Å². The molecule has 2 bridgehead atoms. The zero-order valence-electron chi connectivity index (χ0n) is 13.1. The molecule has 0 aromatic carbocycles. The van der Waals surface area contributed by atoms with Crippen LogP contribution >= 0.6 is 15.9 Å². The Hall–Kier alpha value is -0.920. The Kier molecular flexibility index (Phi) is 2.93. The van der Waals surface area contributed by atoms with Crippen LogP contribution in [-0.4, -0.2) is 17.7 Å². The van der Waals surface area contributed by atoms with Gasteiger partial charge >= 0.3 is 6.18 Å². The van der Waals surface area contributed by atoms with Gasteiger partial charge in [-0.15, -0.1) is 0 Å². The fourth-order valence-electron chi connectivity index (χ4n) is 4.47. The normalized spacial score (nSPS) is 33.3. The topological polar surface area (TPSA) is 24.9 Å². The lowest BCUT2D eigenvalue weighted by atomic mass is 9.32. The van der Waals surface area contributed by atoms with Gasteiger partial charge in [0, 0.05) is 17.4 Å². The largest absolute Gasteiger partial charge is 0.394 e. The van der Waals surface area contributed by atoms with E-state index in [2.05, 4.69) is 26.2 Å². The molecular formula is C16H16BrF5N2. The molecule has 8 heteroatoms. The van der Waals surface area contributed by atoms with Crippen molar-refractivity contribution in [2.45, 2.75) is 50.6 Å². The van der Waals surface area contributed by atoms with Crippen LogP contribution in [-0.2, 0) is 11.3 Å². The third-order valence-corrected chi connectivity index (χ3v) is 6.58. The molecule has 4 aliphatic rings. The van der Waals surface area contributed by atoms with Crippen molar-refractivity contribution in [2.75, 3.05) is 11.9 Å². The Labute approximate surface area is 144 Å². The summed E-state index contributed by atoms with van der Waals surface area (Å²) in [5.74, 6) is -3.34. The summed E-state index contributed by atoms with van der Waals surface area (Å²) in [7, 11) is 0. The Morgan fingerprint density at radius 2 is 1.67 bits per heavy atom. The molecule has 3 aliphatic carbocycles. The average molecular weight is 411 g/mol. The van der Waals surface area contributed by atoms with E-state index in [1.807, 2.05) is 13.8 Å². The highest BCUT2D eigenvalue weighted by Crippen LogP contribution is 2.84. The van der Waals surface area contributed by atoms with E-state index in [1.165, 1.54) is 6.07 Å². The van der Waals surface area contributed by atoms with Gasteiger partial charge in [-0.05, 0) is 41.3 Å². The van der Waals surface area contributed by atoms with Crippen molar-refractivity contribution in [2.24, 2.45) is 10.8 Å². The van der Waals surface area contributed by atoms with Crippen molar-refractivity contribution >= 4 is 21.6 Å². The number of fused-ring (bicyclic) bond motifs is 1. The third-order valence-electron chi connectivity index (χ3n) is 5.97. The fraction of sp³-hybridized carbons (Fsp3) is 0.688. The van der Waals surface area contributed by atoms with Gasteiger partial charge in [-0.2, -0.15) is 13.2 Å². The van der Waals surface area contributed by atoms with Crippen LogP contribution in [0.25, 0.3) is 0 Å². The molecule has 0 unspecified atom stereocenters. The lowest BCUT2D eigenvalue weighted by molar-refractivity contribution is -0.411. The molecule has 132 valence electrons. The SMILES string of the molecule is CC1(C)CNc2cc(C(F)(F)C34CC(C(F)(F)F)(C3)C4)c(Br)nc21. The van der Waals surface area contributed by atoms with Gasteiger partial charge in [0.15, 0.2) is 0 Å². The van der Waals surface area contributed by atoms with Crippen LogP contribution in [0.3, 0.4) is 0 Å². The number of hydrogen-bond donors (Lipinski definition) is 1. The monoisotopic (exact) mass is 410 g/mol. The molecule has 1 N–H and O–H groups in total. The average Bonchev–Trinajstić information content (AvgIpc) is 2.58. The summed E-state index contributed by atoms with van der Waals surface area (Å²) in [6.45, 7) is 4.49. The summed E-state index contributed by atoms with van der Waals surface area (Å²) < 4.78 is 69.0. The maximum atomic E-state index is 15.0. The maximum Gasteiger partial charge on any atom is 0.394 e. The number of pyridine rings is 1. The molecule has 24 heavy (non-hydrogen) atoms. The first-order valence-corrected chi connectivity index (χ1v) is 8.53. The molecular weight excluding hydrogens is 395 g/mol. The Morgan fingerprint density at radius 3 is 2.21 bits per heavy atom. The van der Waals surface area contributed by atoms with Crippen LogP contribution < -0.4 is 5.32 Å². The number of nitrogens with one attached hydrogen (secondary N) is 1. The minimum absolute atomic E-state index is 0.0220. The second-order valence-corrected chi connectivity index (χ2v) is 8.87. The van der Waals surface area contributed by atoms with E-state index in [4.69, 9.17) is 0 Å². The molecule has 1 aliphatic heterocycles. The highest BCUT2D eigenvalue weighted by molar-refractivity contribution is 9.10. The molecule has 3 fully saturated rings. The van der Waals surface area contributed by atoms with E-state index < -0.39 is 42.2 Å². The van der Waals surface area contributed by atoms with Crippen molar-refractivity contribution in [1.82, 2.24) is 4.98 Å². The number of hydrogen-bond acceptors (Lipinski definition) is 2. The van der Waals surface area contributed by atoms with Gasteiger partial charge in [0.1, 0.15) is 4.60 Å². The van der Waals surface area contributed by atoms with Crippen molar-refractivity contribution in [3.8, 4) is 0 Å². The lowest BCUT2D eigenvalue weighted by Crippen LogP contribution is -2.73. The summed E-state index contributed by atoms with van der Waals surface area (Å²) in [4.78, 5) is 4.28. The Morgan fingerprint density at radius 1 is 1.08 bits per heavy atom. The number of halogens is 6. The molecule has 5 rings (SSSR count). The molecule has 2 heterocycles. The standard InChI is InChI=1S/C16H16BrF5N2/c1-12(2)7-23-9-3-8(11(17)24-10(9)12)15(18,19)13-4-14(5-13,6-13)16(20,21)22/h3,23H,4-7H2,1-2H3. The van der Waals surface area contributed by atoms with Crippen molar-refractivity contribution in [3.05, 3.63) is 21.9 Å².